The van der Waals surface area contributed by atoms with Crippen molar-refractivity contribution in [2.45, 2.75) is 24.0 Å². The molecule has 1 amide bonds. The molecule has 1 N–H and O–H groups in total. The van der Waals surface area contributed by atoms with Crippen LogP contribution < -0.4 is 10.9 Å². The van der Waals surface area contributed by atoms with Gasteiger partial charge in [0.05, 0.1) is 16.9 Å². The summed E-state index contributed by atoms with van der Waals surface area (Å²) in [6.07, 6.45) is 0.743. The van der Waals surface area contributed by atoms with E-state index in [0.717, 1.165) is 16.3 Å². The van der Waals surface area contributed by atoms with Crippen LogP contribution in [0.1, 0.15) is 28.0 Å². The molecule has 2 aromatic heterocycles. The number of aryl methyl sites for hydroxylation is 1. The van der Waals surface area contributed by atoms with E-state index in [1.165, 1.54) is 51.9 Å². The normalized spacial score (nSPS) is 11.0. The fourth-order valence-electron chi connectivity index (χ4n) is 2.80. The predicted octanol–water partition coefficient (Wildman–Crippen LogP) is 4.40. The van der Waals surface area contributed by atoms with Crippen molar-refractivity contribution in [2.75, 3.05) is 5.32 Å². The van der Waals surface area contributed by atoms with Crippen molar-refractivity contribution in [3.63, 3.8) is 0 Å². The van der Waals surface area contributed by atoms with E-state index < -0.39 is 11.7 Å². The van der Waals surface area contributed by atoms with Crippen LogP contribution in [0.4, 0.5) is 10.1 Å². The van der Waals surface area contributed by atoms with E-state index in [0.29, 0.717) is 22.1 Å². The van der Waals surface area contributed by atoms with Gasteiger partial charge < -0.3 is 5.32 Å². The van der Waals surface area contributed by atoms with Crippen molar-refractivity contribution in [3.05, 3.63) is 87.0 Å². The first-order valence-corrected chi connectivity index (χ1v) is 11.0. The maximum absolute atomic E-state index is 13.9. The van der Waals surface area contributed by atoms with E-state index in [2.05, 4.69) is 15.4 Å². The molecule has 0 saturated heterocycles. The second-order valence-corrected chi connectivity index (χ2v) is 8.41. The number of anilines is 1. The molecule has 4 rings (SSSR count). The van der Waals surface area contributed by atoms with Crippen LogP contribution >= 0.6 is 23.1 Å². The molecule has 152 valence electrons. The van der Waals surface area contributed by atoms with Gasteiger partial charge in [-0.15, -0.1) is 11.8 Å². The molecule has 9 heteroatoms. The standard InChI is InChI=1S/C21H17FN4O2S2/c1-2-18-25-26-19(27)11-13(23-21(26)30-18)12-29-17-10-6-5-9-16(17)24-20(28)14-7-3-4-8-15(14)22/h3-11H,2,12H2,1H3,(H,24,28). The molecule has 6 nitrogen and oxygen atoms in total. The first-order valence-electron chi connectivity index (χ1n) is 9.21. The number of carbonyl (C=O) groups is 1. The third-order valence-electron chi connectivity index (χ3n) is 4.27. The number of carbonyl (C=O) groups excluding carboxylic acids is 1. The van der Waals surface area contributed by atoms with Crippen LogP contribution in [0, 0.1) is 5.82 Å². The fraction of sp³-hybridized carbons (Fsp3) is 0.143. The SMILES string of the molecule is CCc1nn2c(=O)cc(CSc3ccccc3NC(=O)c3ccccc3F)nc2s1. The number of hydrogen-bond acceptors (Lipinski definition) is 6. The van der Waals surface area contributed by atoms with Crippen LogP contribution in [-0.2, 0) is 12.2 Å². The molecule has 0 aliphatic rings. The lowest BCUT2D eigenvalue weighted by molar-refractivity contribution is 0.102. The van der Waals surface area contributed by atoms with E-state index in [9.17, 15) is 14.0 Å². The van der Waals surface area contributed by atoms with E-state index in [-0.39, 0.29) is 11.1 Å². The third-order valence-corrected chi connectivity index (χ3v) is 6.43. The van der Waals surface area contributed by atoms with Gasteiger partial charge in [0.15, 0.2) is 0 Å². The van der Waals surface area contributed by atoms with E-state index in [1.54, 1.807) is 18.2 Å². The molecule has 0 bridgehead atoms. The molecular formula is C21H17FN4O2S2. The number of benzene rings is 2. The Labute approximate surface area is 179 Å². The van der Waals surface area contributed by atoms with Gasteiger partial charge in [0.25, 0.3) is 11.5 Å². The van der Waals surface area contributed by atoms with E-state index in [4.69, 9.17) is 0 Å². The van der Waals surface area contributed by atoms with Crippen molar-refractivity contribution in [1.29, 1.82) is 0 Å². The minimum Gasteiger partial charge on any atom is -0.321 e. The molecular weight excluding hydrogens is 423 g/mol. The first-order chi connectivity index (χ1) is 14.5. The van der Waals surface area contributed by atoms with Gasteiger partial charge >= 0.3 is 0 Å². The smallest absolute Gasteiger partial charge is 0.275 e. The lowest BCUT2D eigenvalue weighted by Crippen LogP contribution is -2.15. The minimum absolute atomic E-state index is 0.0191. The zero-order chi connectivity index (χ0) is 21.1. The first kappa shape index (κ1) is 20.2. The maximum atomic E-state index is 13.9. The van der Waals surface area contributed by atoms with Crippen molar-refractivity contribution in [3.8, 4) is 0 Å². The molecule has 4 aromatic rings. The Bertz CT molecular complexity index is 1290. The molecule has 0 aliphatic carbocycles. The highest BCUT2D eigenvalue weighted by molar-refractivity contribution is 7.98. The van der Waals surface area contributed by atoms with Gasteiger partial charge in [0, 0.05) is 16.7 Å². The Morgan fingerprint density at radius 2 is 1.97 bits per heavy atom. The third kappa shape index (κ3) is 4.27. The van der Waals surface area contributed by atoms with Gasteiger partial charge in [0.1, 0.15) is 10.8 Å². The highest BCUT2D eigenvalue weighted by atomic mass is 32.2. The summed E-state index contributed by atoms with van der Waals surface area (Å²) in [6, 6.07) is 14.6. The number of nitrogens with zero attached hydrogens (tertiary/aromatic N) is 3. The molecule has 0 saturated carbocycles. The van der Waals surface area contributed by atoms with Crippen molar-refractivity contribution in [1.82, 2.24) is 14.6 Å². The van der Waals surface area contributed by atoms with Gasteiger partial charge in [-0.3, -0.25) is 9.59 Å². The molecule has 0 aliphatic heterocycles. The lowest BCUT2D eigenvalue weighted by atomic mass is 10.2. The van der Waals surface area contributed by atoms with E-state index >= 15 is 0 Å². The summed E-state index contributed by atoms with van der Waals surface area (Å²) in [7, 11) is 0. The summed E-state index contributed by atoms with van der Waals surface area (Å²) >= 11 is 2.83. The molecule has 30 heavy (non-hydrogen) atoms. The predicted molar refractivity (Wildman–Crippen MR) is 117 cm³/mol. The average Bonchev–Trinajstić information content (AvgIpc) is 3.17. The molecule has 0 radical (unpaired) electrons. The number of nitrogens with one attached hydrogen (secondary N) is 1. The monoisotopic (exact) mass is 440 g/mol. The summed E-state index contributed by atoms with van der Waals surface area (Å²) in [5.74, 6) is -0.651. The molecule has 2 aromatic carbocycles. The van der Waals surface area contributed by atoms with Crippen molar-refractivity contribution in [2.24, 2.45) is 0 Å². The van der Waals surface area contributed by atoms with Crippen molar-refractivity contribution < 1.29 is 9.18 Å². The topological polar surface area (TPSA) is 76.4 Å². The zero-order valence-electron chi connectivity index (χ0n) is 16.0. The molecule has 2 heterocycles. The summed E-state index contributed by atoms with van der Waals surface area (Å²) in [5, 5.41) is 7.86. The molecule has 0 atom stereocenters. The summed E-state index contributed by atoms with van der Waals surface area (Å²) in [4.78, 5) is 30.7. The quantitative estimate of drug-likeness (QED) is 0.450. The van der Waals surface area contributed by atoms with Crippen molar-refractivity contribution >= 4 is 39.7 Å². The number of para-hydroxylation sites is 1. The van der Waals surface area contributed by atoms with Crippen LogP contribution in [0.15, 0.2) is 64.3 Å². The largest absolute Gasteiger partial charge is 0.321 e. The Hall–Kier alpha value is -3.04. The number of aromatic nitrogens is 3. The highest BCUT2D eigenvalue weighted by Crippen LogP contribution is 2.30. The van der Waals surface area contributed by atoms with Crippen LogP contribution in [0.5, 0.6) is 0 Å². The second-order valence-electron chi connectivity index (χ2n) is 6.35. The number of rotatable bonds is 6. The molecule has 0 fully saturated rings. The lowest BCUT2D eigenvalue weighted by Gasteiger charge is -2.11. The van der Waals surface area contributed by atoms with Gasteiger partial charge in [-0.1, -0.05) is 42.5 Å². The zero-order valence-corrected chi connectivity index (χ0v) is 17.6. The number of thioether (sulfide) groups is 1. The number of fused-ring (bicyclic) bond motifs is 1. The second kappa shape index (κ2) is 8.76. The Morgan fingerprint density at radius 1 is 1.20 bits per heavy atom. The Kier molecular flexibility index (Phi) is 5.91. The van der Waals surface area contributed by atoms with Crippen LogP contribution in [0.2, 0.25) is 0 Å². The van der Waals surface area contributed by atoms with Gasteiger partial charge in [-0.2, -0.15) is 9.61 Å². The summed E-state index contributed by atoms with van der Waals surface area (Å²) in [6.45, 7) is 1.98. The highest BCUT2D eigenvalue weighted by Gasteiger charge is 2.14. The maximum Gasteiger partial charge on any atom is 0.275 e. The molecule has 0 unspecified atom stereocenters. The van der Waals surface area contributed by atoms with E-state index in [1.807, 2.05) is 19.1 Å². The van der Waals surface area contributed by atoms with Crippen LogP contribution in [0.25, 0.3) is 4.96 Å². The number of halogens is 1. The Morgan fingerprint density at radius 3 is 2.77 bits per heavy atom. The van der Waals surface area contributed by atoms with Gasteiger partial charge in [-0.05, 0) is 30.7 Å². The van der Waals surface area contributed by atoms with Crippen LogP contribution in [0.3, 0.4) is 0 Å². The molecule has 0 spiro atoms. The minimum atomic E-state index is -0.575. The van der Waals surface area contributed by atoms with Crippen LogP contribution in [-0.4, -0.2) is 20.5 Å². The number of amides is 1. The number of hydrogen-bond donors (Lipinski definition) is 1. The summed E-state index contributed by atoms with van der Waals surface area (Å²) < 4.78 is 15.2. The van der Waals surface area contributed by atoms with Gasteiger partial charge in [-0.25, -0.2) is 9.37 Å². The summed E-state index contributed by atoms with van der Waals surface area (Å²) in [5.41, 5.74) is 0.966. The average molecular weight is 441 g/mol. The Balaban J connectivity index is 1.53. The fourth-order valence-corrected chi connectivity index (χ4v) is 4.55. The van der Waals surface area contributed by atoms with Gasteiger partial charge in [0.2, 0.25) is 4.96 Å².